The molecule has 0 heterocycles. The Labute approximate surface area is 138 Å². The van der Waals surface area contributed by atoms with Crippen molar-refractivity contribution in [3.63, 3.8) is 0 Å². The van der Waals surface area contributed by atoms with Gasteiger partial charge in [-0.15, -0.1) is 0 Å². The second-order valence-electron chi connectivity index (χ2n) is 6.13. The third-order valence-corrected chi connectivity index (χ3v) is 4.68. The zero-order chi connectivity index (χ0) is 16.2. The maximum atomic E-state index is 2.48. The number of benzene rings is 2. The van der Waals surface area contributed by atoms with Crippen LogP contribution in [-0.4, -0.2) is 24.5 Å². The van der Waals surface area contributed by atoms with Gasteiger partial charge in [0.15, 0.2) is 0 Å². The van der Waals surface area contributed by atoms with Gasteiger partial charge in [-0.3, -0.25) is 4.90 Å². The molecule has 0 atom stereocenters. The zero-order valence-electron chi connectivity index (χ0n) is 14.3. The van der Waals surface area contributed by atoms with Gasteiger partial charge in [0.2, 0.25) is 0 Å². The van der Waals surface area contributed by atoms with Crippen LogP contribution in [0.3, 0.4) is 0 Å². The molecule has 23 heavy (non-hydrogen) atoms. The van der Waals surface area contributed by atoms with Crippen LogP contribution in [0.25, 0.3) is 23.3 Å². The summed E-state index contributed by atoms with van der Waals surface area (Å²) in [6, 6.07) is 17.5. The molecule has 0 radical (unpaired) electrons. The molecule has 2 aromatic carbocycles. The van der Waals surface area contributed by atoms with E-state index in [0.717, 1.165) is 19.6 Å². The Hall–Kier alpha value is -2.12. The zero-order valence-corrected chi connectivity index (χ0v) is 14.3. The lowest BCUT2D eigenvalue weighted by atomic mass is 10.0. The second-order valence-corrected chi connectivity index (χ2v) is 6.13. The van der Waals surface area contributed by atoms with Crippen LogP contribution < -0.4 is 20.9 Å². The van der Waals surface area contributed by atoms with Gasteiger partial charge >= 0.3 is 0 Å². The van der Waals surface area contributed by atoms with E-state index in [1.165, 1.54) is 32.0 Å². The fraction of sp³-hybridized carbons (Fsp3) is 0.273. The minimum atomic E-state index is 0.992. The first-order valence-corrected chi connectivity index (χ1v) is 8.53. The van der Waals surface area contributed by atoms with E-state index in [2.05, 4.69) is 86.4 Å². The van der Waals surface area contributed by atoms with E-state index in [4.69, 9.17) is 0 Å². The van der Waals surface area contributed by atoms with Crippen LogP contribution in [0, 0.1) is 0 Å². The first kappa shape index (κ1) is 15.8. The predicted molar refractivity (Wildman–Crippen MR) is 101 cm³/mol. The lowest BCUT2D eigenvalue weighted by Gasteiger charge is -2.19. The summed E-state index contributed by atoms with van der Waals surface area (Å²) < 4.78 is 0. The molecule has 1 aliphatic carbocycles. The van der Waals surface area contributed by atoms with Crippen molar-refractivity contribution < 1.29 is 0 Å². The largest absolute Gasteiger partial charge is 0.300 e. The van der Waals surface area contributed by atoms with Gasteiger partial charge in [0, 0.05) is 6.54 Å². The summed E-state index contributed by atoms with van der Waals surface area (Å²) in [6.45, 7) is 9.83. The summed E-state index contributed by atoms with van der Waals surface area (Å²) in [7, 11) is 0. The molecule has 3 rings (SSSR count). The molecular formula is C22H25N. The Balaban J connectivity index is 2.37. The molecule has 0 amide bonds. The van der Waals surface area contributed by atoms with Gasteiger partial charge in [-0.2, -0.15) is 0 Å². The van der Waals surface area contributed by atoms with E-state index < -0.39 is 0 Å². The molecule has 0 saturated carbocycles. The molecule has 1 nitrogen and oxygen atoms in total. The smallest absolute Gasteiger partial charge is 0.0239 e. The van der Waals surface area contributed by atoms with Gasteiger partial charge in [-0.05, 0) is 58.1 Å². The van der Waals surface area contributed by atoms with Crippen molar-refractivity contribution >= 4 is 23.3 Å². The third kappa shape index (κ3) is 3.30. The molecule has 0 fully saturated rings. The minimum Gasteiger partial charge on any atom is -0.300 e. The molecule has 0 spiro atoms. The average molecular weight is 303 g/mol. The van der Waals surface area contributed by atoms with Gasteiger partial charge in [0.05, 0.1) is 0 Å². The van der Waals surface area contributed by atoms with Crippen LogP contribution >= 0.6 is 0 Å². The van der Waals surface area contributed by atoms with Crippen molar-refractivity contribution in [3.8, 4) is 0 Å². The van der Waals surface area contributed by atoms with Crippen LogP contribution in [0.4, 0.5) is 0 Å². The molecule has 0 aliphatic heterocycles. The highest BCUT2D eigenvalue weighted by atomic mass is 15.1. The highest BCUT2D eigenvalue weighted by molar-refractivity contribution is 5.82. The van der Waals surface area contributed by atoms with Crippen LogP contribution in [0.2, 0.25) is 0 Å². The molecule has 2 aromatic rings. The number of hydrogen-bond donors (Lipinski definition) is 0. The molecule has 0 aromatic heterocycles. The van der Waals surface area contributed by atoms with Gasteiger partial charge in [0.25, 0.3) is 0 Å². The van der Waals surface area contributed by atoms with Gasteiger partial charge in [-0.25, -0.2) is 0 Å². The number of fused-ring (bicyclic) bond motifs is 2. The molecule has 118 valence electrons. The van der Waals surface area contributed by atoms with Gasteiger partial charge in [-0.1, -0.05) is 68.5 Å². The molecule has 0 N–H and O–H groups in total. The summed E-state index contributed by atoms with van der Waals surface area (Å²) in [4.78, 5) is 2.48. The van der Waals surface area contributed by atoms with E-state index in [-0.39, 0.29) is 0 Å². The molecule has 0 saturated heterocycles. The second kappa shape index (κ2) is 6.97. The third-order valence-electron chi connectivity index (χ3n) is 4.68. The Kier molecular flexibility index (Phi) is 4.78. The van der Waals surface area contributed by atoms with E-state index in [1.807, 2.05) is 0 Å². The summed E-state index contributed by atoms with van der Waals surface area (Å²) in [5.74, 6) is 0. The SMILES string of the molecule is CCN(CC)CC1=c2\cccc\c2=C(C)\C=c2\cccc\c2=C\1. The first-order chi connectivity index (χ1) is 11.2. The van der Waals surface area contributed by atoms with Crippen LogP contribution in [0.1, 0.15) is 20.8 Å². The fourth-order valence-corrected chi connectivity index (χ4v) is 3.28. The lowest BCUT2D eigenvalue weighted by Crippen LogP contribution is -2.36. The Morgan fingerprint density at radius 2 is 1.30 bits per heavy atom. The number of hydrogen-bond acceptors (Lipinski definition) is 1. The van der Waals surface area contributed by atoms with Crippen molar-refractivity contribution in [2.45, 2.75) is 20.8 Å². The topological polar surface area (TPSA) is 3.24 Å². The molecule has 1 aliphatic rings. The fourth-order valence-electron chi connectivity index (χ4n) is 3.28. The molecule has 0 unspecified atom stereocenters. The number of nitrogens with zero attached hydrogens (tertiary/aromatic N) is 1. The maximum Gasteiger partial charge on any atom is 0.0239 e. The lowest BCUT2D eigenvalue weighted by molar-refractivity contribution is 0.343. The van der Waals surface area contributed by atoms with E-state index in [1.54, 1.807) is 0 Å². The van der Waals surface area contributed by atoms with E-state index >= 15 is 0 Å². The maximum absolute atomic E-state index is 2.48. The number of rotatable bonds is 4. The monoisotopic (exact) mass is 303 g/mol. The summed E-state index contributed by atoms with van der Waals surface area (Å²) in [5.41, 5.74) is 2.74. The van der Waals surface area contributed by atoms with Crippen LogP contribution in [0.15, 0.2) is 48.5 Å². The highest BCUT2D eigenvalue weighted by Crippen LogP contribution is 2.02. The summed E-state index contributed by atoms with van der Waals surface area (Å²) in [5, 5.41) is 5.32. The average Bonchev–Trinajstić information content (AvgIpc) is 2.59. The van der Waals surface area contributed by atoms with E-state index in [9.17, 15) is 0 Å². The van der Waals surface area contributed by atoms with Crippen molar-refractivity contribution in [2.75, 3.05) is 19.6 Å². The van der Waals surface area contributed by atoms with Crippen LogP contribution in [0.5, 0.6) is 0 Å². The predicted octanol–water partition coefficient (Wildman–Crippen LogP) is 1.62. The van der Waals surface area contributed by atoms with Crippen molar-refractivity contribution in [1.82, 2.24) is 4.90 Å². The Morgan fingerprint density at radius 1 is 0.739 bits per heavy atom. The molecular weight excluding hydrogens is 278 g/mol. The standard InChI is InChI=1S/C22H25N/c1-4-23(5-2)16-20-15-19-11-7-6-10-18(19)14-17(3)21-12-8-9-13-22(20)21/h6-15H,4-5,16H2,1-3H3/b17-14?,18-14-,19-15-,20-15?,21-17-,22-20+. The van der Waals surface area contributed by atoms with Crippen molar-refractivity contribution in [3.05, 3.63) is 69.4 Å². The highest BCUT2D eigenvalue weighted by Gasteiger charge is 2.06. The quantitative estimate of drug-likeness (QED) is 0.830. The van der Waals surface area contributed by atoms with Gasteiger partial charge in [0.1, 0.15) is 0 Å². The first-order valence-electron chi connectivity index (χ1n) is 8.53. The Morgan fingerprint density at radius 3 is 1.96 bits per heavy atom. The summed E-state index contributed by atoms with van der Waals surface area (Å²) in [6.07, 6.45) is 4.67. The normalized spacial score (nSPS) is 21.2. The van der Waals surface area contributed by atoms with Crippen LogP contribution in [-0.2, 0) is 0 Å². The van der Waals surface area contributed by atoms with E-state index in [0.29, 0.717) is 0 Å². The van der Waals surface area contributed by atoms with Gasteiger partial charge < -0.3 is 0 Å². The van der Waals surface area contributed by atoms with Crippen molar-refractivity contribution in [2.24, 2.45) is 0 Å². The van der Waals surface area contributed by atoms with Crippen molar-refractivity contribution in [1.29, 1.82) is 0 Å². The molecule has 0 bridgehead atoms. The summed E-state index contributed by atoms with van der Waals surface area (Å²) >= 11 is 0. The minimum absolute atomic E-state index is 0.992. The molecule has 1 heteroatoms. The Bertz CT molecular complexity index is 930.